The number of carbonyl (C=O) groups excluding carboxylic acids is 4. The summed E-state index contributed by atoms with van der Waals surface area (Å²) in [7, 11) is 0. The Balaban J connectivity index is 0.000000261. The van der Waals surface area contributed by atoms with E-state index < -0.39 is 23.4 Å². The van der Waals surface area contributed by atoms with Gasteiger partial charge in [0.25, 0.3) is 0 Å². The Labute approximate surface area is 296 Å². The molecule has 2 heterocycles. The van der Waals surface area contributed by atoms with E-state index in [2.05, 4.69) is 84.9 Å². The fraction of sp³-hybridized carbons (Fsp3) is 0.500. The van der Waals surface area contributed by atoms with Gasteiger partial charge in [0.15, 0.2) is 0 Å². The van der Waals surface area contributed by atoms with Crippen LogP contribution in [-0.2, 0) is 19.1 Å². The minimum atomic E-state index is -0.555. The standard InChI is InChI=1S/C16H21BrN2O3.C9H16N2O3.C7H6BrI/c1-11-9-12(5-6-13(11)17)19-8-7-18(10-14(19)20)15(21)22-16(2,3)4;1-9(2,3)14-8(13)11-5-4-10-7(12)6-11;1-5-4-6(9)2-3-7(5)8/h5-6,9H,7-8,10H2,1-4H3;4-6H2,1-3H3,(H,10,12);2-4H,1H3. The topological polar surface area (TPSA) is 108 Å². The fourth-order valence-electron chi connectivity index (χ4n) is 3.95. The summed E-state index contributed by atoms with van der Waals surface area (Å²) in [5.74, 6) is -0.235. The van der Waals surface area contributed by atoms with Crippen LogP contribution in [0.3, 0.4) is 0 Å². The van der Waals surface area contributed by atoms with Crippen LogP contribution in [-0.4, -0.2) is 84.3 Å². The summed E-state index contributed by atoms with van der Waals surface area (Å²) in [6.07, 6.45) is -0.861. The Hall–Kier alpha value is -2.39. The lowest BCUT2D eigenvalue weighted by Gasteiger charge is -2.35. The van der Waals surface area contributed by atoms with Gasteiger partial charge in [0, 0.05) is 44.4 Å². The van der Waals surface area contributed by atoms with Crippen LogP contribution in [0.5, 0.6) is 0 Å². The van der Waals surface area contributed by atoms with Gasteiger partial charge in [0.05, 0.1) is 0 Å². The van der Waals surface area contributed by atoms with Crippen LogP contribution in [0, 0.1) is 17.4 Å². The third-order valence-electron chi connectivity index (χ3n) is 6.14. The highest BCUT2D eigenvalue weighted by atomic mass is 127. The molecule has 0 atom stereocenters. The maximum Gasteiger partial charge on any atom is 0.410 e. The van der Waals surface area contributed by atoms with Crippen LogP contribution in [0.2, 0.25) is 0 Å². The van der Waals surface area contributed by atoms with Gasteiger partial charge in [-0.25, -0.2) is 9.59 Å². The second kappa shape index (κ2) is 17.0. The Morgan fingerprint density at radius 3 is 1.73 bits per heavy atom. The third-order valence-corrected chi connectivity index (χ3v) is 8.59. The molecule has 0 unspecified atom stereocenters. The quantitative estimate of drug-likeness (QED) is 0.308. The van der Waals surface area contributed by atoms with Gasteiger partial charge in [-0.05, 0) is 126 Å². The first-order chi connectivity index (χ1) is 20.8. The molecule has 248 valence electrons. The molecule has 0 saturated carbocycles. The van der Waals surface area contributed by atoms with Crippen molar-refractivity contribution < 1.29 is 28.7 Å². The number of nitrogens with zero attached hydrogens (tertiary/aromatic N) is 3. The van der Waals surface area contributed by atoms with Crippen LogP contribution < -0.4 is 10.2 Å². The van der Waals surface area contributed by atoms with Crippen LogP contribution in [0.15, 0.2) is 45.3 Å². The highest BCUT2D eigenvalue weighted by Gasteiger charge is 2.31. The van der Waals surface area contributed by atoms with E-state index in [1.54, 1.807) is 25.7 Å². The number of carbonyl (C=O) groups is 4. The van der Waals surface area contributed by atoms with Gasteiger partial charge >= 0.3 is 12.2 Å². The molecular formula is C32H43Br2IN4O6. The smallest absolute Gasteiger partial charge is 0.410 e. The van der Waals surface area contributed by atoms with E-state index >= 15 is 0 Å². The van der Waals surface area contributed by atoms with Crippen molar-refractivity contribution in [3.8, 4) is 0 Å². The Morgan fingerprint density at radius 1 is 0.778 bits per heavy atom. The summed E-state index contributed by atoms with van der Waals surface area (Å²) in [5.41, 5.74) is 2.15. The van der Waals surface area contributed by atoms with Crippen LogP contribution in [0.4, 0.5) is 15.3 Å². The van der Waals surface area contributed by atoms with Crippen LogP contribution in [0.25, 0.3) is 0 Å². The molecule has 1 N–H and O–H groups in total. The van der Waals surface area contributed by atoms with Crippen LogP contribution in [0.1, 0.15) is 52.7 Å². The molecule has 13 heteroatoms. The predicted octanol–water partition coefficient (Wildman–Crippen LogP) is 7.06. The van der Waals surface area contributed by atoms with Crippen molar-refractivity contribution in [3.63, 3.8) is 0 Å². The molecule has 2 aromatic rings. The largest absolute Gasteiger partial charge is 0.444 e. The lowest BCUT2D eigenvalue weighted by atomic mass is 10.2. The average molecular weight is 866 g/mol. The average Bonchev–Trinajstić information content (AvgIpc) is 2.91. The number of benzene rings is 2. The first-order valence-corrected chi connectivity index (χ1v) is 17.1. The van der Waals surface area contributed by atoms with E-state index in [4.69, 9.17) is 9.47 Å². The third kappa shape index (κ3) is 13.9. The first kappa shape index (κ1) is 38.8. The molecule has 2 saturated heterocycles. The van der Waals surface area contributed by atoms with Crippen molar-refractivity contribution in [1.29, 1.82) is 0 Å². The van der Waals surface area contributed by atoms with E-state index in [0.717, 1.165) is 15.7 Å². The maximum atomic E-state index is 12.3. The molecule has 0 spiro atoms. The zero-order valence-corrected chi connectivity index (χ0v) is 32.5. The molecule has 45 heavy (non-hydrogen) atoms. The minimum Gasteiger partial charge on any atom is -0.444 e. The lowest BCUT2D eigenvalue weighted by Crippen LogP contribution is -2.53. The second-order valence-corrected chi connectivity index (χ2v) is 15.5. The number of nitrogens with one attached hydrogen (secondary N) is 1. The molecule has 2 fully saturated rings. The van der Waals surface area contributed by atoms with Gasteiger partial charge in [-0.15, -0.1) is 0 Å². The molecule has 4 amide bonds. The van der Waals surface area contributed by atoms with Gasteiger partial charge in [-0.2, -0.15) is 0 Å². The molecule has 4 rings (SSSR count). The van der Waals surface area contributed by atoms with Crippen molar-refractivity contribution >= 4 is 84.1 Å². The first-order valence-electron chi connectivity index (χ1n) is 14.5. The SMILES string of the molecule is CC(C)(C)OC(=O)N1CCNC(=O)C1.Cc1cc(I)ccc1Br.Cc1cc(N2CCN(C(=O)OC(C)(C)C)CC2=O)ccc1Br. The predicted molar refractivity (Wildman–Crippen MR) is 191 cm³/mol. The van der Waals surface area contributed by atoms with Gasteiger partial charge in [0.2, 0.25) is 11.8 Å². The summed E-state index contributed by atoms with van der Waals surface area (Å²) in [6, 6.07) is 12.1. The Bertz CT molecular complexity index is 1380. The molecule has 0 bridgehead atoms. The zero-order chi connectivity index (χ0) is 34.1. The van der Waals surface area contributed by atoms with Gasteiger partial charge < -0.3 is 19.7 Å². The van der Waals surface area contributed by atoms with Gasteiger partial charge in [-0.3, -0.25) is 19.4 Å². The summed E-state index contributed by atoms with van der Waals surface area (Å²) >= 11 is 9.18. The Morgan fingerprint density at radius 2 is 1.29 bits per heavy atom. The monoisotopic (exact) mass is 864 g/mol. The normalized spacial score (nSPS) is 15.2. The van der Waals surface area contributed by atoms with E-state index in [1.807, 2.05) is 45.9 Å². The number of halogens is 3. The summed E-state index contributed by atoms with van der Waals surface area (Å²) < 4.78 is 13.9. The lowest BCUT2D eigenvalue weighted by molar-refractivity contribution is -0.124. The summed E-state index contributed by atoms with van der Waals surface area (Å²) in [5, 5.41) is 2.64. The van der Waals surface area contributed by atoms with E-state index in [0.29, 0.717) is 26.2 Å². The van der Waals surface area contributed by atoms with Crippen molar-refractivity contribution in [2.24, 2.45) is 0 Å². The second-order valence-electron chi connectivity index (χ2n) is 12.5. The molecule has 2 aliphatic rings. The Kier molecular flexibility index (Phi) is 14.6. The maximum absolute atomic E-state index is 12.3. The number of aryl methyl sites for hydroxylation is 2. The zero-order valence-electron chi connectivity index (χ0n) is 27.1. The van der Waals surface area contributed by atoms with Gasteiger partial charge in [-0.1, -0.05) is 31.9 Å². The molecule has 10 nitrogen and oxygen atoms in total. The van der Waals surface area contributed by atoms with Crippen molar-refractivity contribution in [3.05, 3.63) is 60.0 Å². The highest BCUT2D eigenvalue weighted by molar-refractivity contribution is 14.1. The molecule has 0 aliphatic carbocycles. The molecular weight excluding hydrogens is 823 g/mol. The number of rotatable bonds is 1. The number of hydrogen-bond donors (Lipinski definition) is 1. The number of ether oxygens (including phenoxy) is 2. The van der Waals surface area contributed by atoms with E-state index in [9.17, 15) is 19.2 Å². The molecule has 2 aliphatic heterocycles. The number of amides is 4. The molecule has 0 aromatic heterocycles. The number of hydrogen-bond acceptors (Lipinski definition) is 6. The summed E-state index contributed by atoms with van der Waals surface area (Å²) in [6.45, 7) is 17.0. The fourth-order valence-corrected chi connectivity index (χ4v) is 5.09. The number of piperazine rings is 2. The number of anilines is 1. The van der Waals surface area contributed by atoms with Crippen molar-refractivity contribution in [2.45, 2.75) is 66.6 Å². The molecule has 2 aromatic carbocycles. The van der Waals surface area contributed by atoms with Crippen molar-refractivity contribution in [2.75, 3.05) is 44.2 Å². The van der Waals surface area contributed by atoms with Crippen LogP contribution >= 0.6 is 54.5 Å². The highest BCUT2D eigenvalue weighted by Crippen LogP contribution is 2.25. The minimum absolute atomic E-state index is 0.0457. The summed E-state index contributed by atoms with van der Waals surface area (Å²) in [4.78, 5) is 51.4. The van der Waals surface area contributed by atoms with E-state index in [-0.39, 0.29) is 24.9 Å². The van der Waals surface area contributed by atoms with Gasteiger partial charge in [0.1, 0.15) is 24.3 Å². The van der Waals surface area contributed by atoms with E-state index in [1.165, 1.54) is 23.4 Å². The molecule has 0 radical (unpaired) electrons. The van der Waals surface area contributed by atoms with Crippen molar-refractivity contribution in [1.82, 2.24) is 15.1 Å².